The fourth-order valence-electron chi connectivity index (χ4n) is 1.48. The van der Waals surface area contributed by atoms with Gasteiger partial charge in [-0.3, -0.25) is 20.7 Å². The lowest BCUT2D eigenvalue weighted by molar-refractivity contribution is -0.121. The molecule has 1 rings (SSSR count). The van der Waals surface area contributed by atoms with Crippen molar-refractivity contribution in [1.29, 1.82) is 0 Å². The monoisotopic (exact) mass is 277 g/mol. The van der Waals surface area contributed by atoms with Gasteiger partial charge in [0.05, 0.1) is 18.6 Å². The van der Waals surface area contributed by atoms with Crippen LogP contribution in [0.5, 0.6) is 0 Å². The van der Waals surface area contributed by atoms with Crippen molar-refractivity contribution in [3.05, 3.63) is 0 Å². The number of hydrogen-bond donors (Lipinski definition) is 3. The summed E-state index contributed by atoms with van der Waals surface area (Å²) in [6.45, 7) is 2.04. The minimum Gasteiger partial charge on any atom is -0.300 e. The average molecular weight is 277 g/mol. The topological polar surface area (TPSA) is 84.2 Å². The number of hydrazine groups is 1. The lowest BCUT2D eigenvalue weighted by atomic mass is 10.1. The van der Waals surface area contributed by atoms with Crippen molar-refractivity contribution in [2.75, 3.05) is 23.1 Å². The summed E-state index contributed by atoms with van der Waals surface area (Å²) in [4.78, 5) is 23.4. The van der Waals surface area contributed by atoms with Gasteiger partial charge in [0.1, 0.15) is 5.78 Å². The third kappa shape index (κ3) is 4.97. The summed E-state index contributed by atoms with van der Waals surface area (Å²) < 4.78 is 0. The molecular formula is C10H19N3O2S2. The molecule has 0 aromatic rings. The maximum Gasteiger partial charge on any atom is 0.165 e. The fraction of sp³-hybridized carbons (Fsp3) is 0.800. The molecular weight excluding hydrogens is 258 g/mol. The molecule has 2 unspecified atom stereocenters. The van der Waals surface area contributed by atoms with Crippen molar-refractivity contribution in [1.82, 2.24) is 10.7 Å². The first-order valence-corrected chi connectivity index (χ1v) is 7.90. The van der Waals surface area contributed by atoms with Gasteiger partial charge in [-0.2, -0.15) is 0 Å². The summed E-state index contributed by atoms with van der Waals surface area (Å²) in [5.74, 6) is 6.92. The molecule has 4 N–H and O–H groups in total. The SMILES string of the molecule is CCC(=O)C1CSCSCC(NN)C(=O)CN1. The Morgan fingerprint density at radius 1 is 1.53 bits per heavy atom. The standard InChI is InChI=1S/C10H19N3O2S2/c1-2-9(14)7-4-16-6-17-5-8(13-11)10(15)3-12-7/h7-8,12-13H,2-6,11H2,1H3. The van der Waals surface area contributed by atoms with Crippen LogP contribution in [0.15, 0.2) is 0 Å². The largest absolute Gasteiger partial charge is 0.300 e. The van der Waals surface area contributed by atoms with E-state index in [0.717, 1.165) is 10.8 Å². The third-order valence-corrected chi connectivity index (χ3v) is 5.06. The maximum absolute atomic E-state index is 11.8. The van der Waals surface area contributed by atoms with E-state index in [9.17, 15) is 9.59 Å². The number of Topliss-reactive ketones (excluding diaryl/α,β-unsaturated/α-hetero) is 2. The molecule has 0 saturated carbocycles. The molecule has 7 heteroatoms. The van der Waals surface area contributed by atoms with E-state index in [4.69, 9.17) is 5.84 Å². The number of thioether (sulfide) groups is 2. The highest BCUT2D eigenvalue weighted by Gasteiger charge is 2.22. The molecule has 0 aliphatic carbocycles. The van der Waals surface area contributed by atoms with Crippen LogP contribution in [0.4, 0.5) is 0 Å². The molecule has 17 heavy (non-hydrogen) atoms. The summed E-state index contributed by atoms with van der Waals surface area (Å²) in [6.07, 6.45) is 0.498. The van der Waals surface area contributed by atoms with Crippen LogP contribution in [0, 0.1) is 0 Å². The van der Waals surface area contributed by atoms with E-state index >= 15 is 0 Å². The summed E-state index contributed by atoms with van der Waals surface area (Å²) in [6, 6.07) is -0.547. The van der Waals surface area contributed by atoms with E-state index in [1.807, 2.05) is 6.92 Å². The minimum absolute atomic E-state index is 0.0146. The Bertz CT molecular complexity index is 276. The van der Waals surface area contributed by atoms with Gasteiger partial charge in [0.2, 0.25) is 0 Å². The molecule has 5 nitrogen and oxygen atoms in total. The lowest BCUT2D eigenvalue weighted by Crippen LogP contribution is -2.50. The zero-order chi connectivity index (χ0) is 12.7. The number of nitrogens with one attached hydrogen (secondary N) is 2. The summed E-state index contributed by atoms with van der Waals surface area (Å²) in [5.41, 5.74) is 2.52. The fourth-order valence-corrected chi connectivity index (χ4v) is 3.78. The van der Waals surface area contributed by atoms with Crippen LogP contribution in [0.3, 0.4) is 0 Å². The first kappa shape index (κ1) is 15.0. The number of hydrogen-bond acceptors (Lipinski definition) is 7. The minimum atomic E-state index is -0.330. The van der Waals surface area contributed by atoms with Gasteiger partial charge in [-0.05, 0) is 0 Å². The van der Waals surface area contributed by atoms with E-state index in [1.165, 1.54) is 0 Å². The Morgan fingerprint density at radius 3 is 2.88 bits per heavy atom. The Labute approximate surface area is 110 Å². The van der Waals surface area contributed by atoms with Crippen LogP contribution in [0.2, 0.25) is 0 Å². The third-order valence-electron chi connectivity index (χ3n) is 2.59. The van der Waals surface area contributed by atoms with E-state index in [2.05, 4.69) is 10.7 Å². The highest BCUT2D eigenvalue weighted by molar-refractivity contribution is 8.16. The summed E-state index contributed by atoms with van der Waals surface area (Å²) in [5, 5.41) is 3.91. The summed E-state index contributed by atoms with van der Waals surface area (Å²) >= 11 is 3.39. The van der Waals surface area contributed by atoms with Gasteiger partial charge in [0.25, 0.3) is 0 Å². The van der Waals surface area contributed by atoms with Gasteiger partial charge in [-0.1, -0.05) is 6.92 Å². The second-order valence-corrected chi connectivity index (χ2v) is 6.22. The van der Waals surface area contributed by atoms with Gasteiger partial charge < -0.3 is 0 Å². The van der Waals surface area contributed by atoms with Crippen molar-refractivity contribution in [2.24, 2.45) is 5.84 Å². The normalized spacial score (nSPS) is 27.8. The van der Waals surface area contributed by atoms with Gasteiger partial charge in [0.15, 0.2) is 5.78 Å². The van der Waals surface area contributed by atoms with E-state index in [-0.39, 0.29) is 30.2 Å². The number of nitrogens with two attached hydrogens (primary N) is 1. The maximum atomic E-state index is 11.8. The van der Waals surface area contributed by atoms with Crippen molar-refractivity contribution >= 4 is 35.1 Å². The molecule has 1 fully saturated rings. The number of carbonyl (C=O) groups is 2. The second kappa shape index (κ2) is 8.10. The first-order chi connectivity index (χ1) is 8.19. The molecule has 0 radical (unpaired) electrons. The average Bonchev–Trinajstić information content (AvgIpc) is 2.36. The Kier molecular flexibility index (Phi) is 7.14. The van der Waals surface area contributed by atoms with Crippen LogP contribution in [-0.4, -0.2) is 46.8 Å². The van der Waals surface area contributed by atoms with E-state index in [0.29, 0.717) is 12.2 Å². The molecule has 0 aromatic carbocycles. The summed E-state index contributed by atoms with van der Waals surface area (Å²) in [7, 11) is 0. The first-order valence-electron chi connectivity index (χ1n) is 5.59. The van der Waals surface area contributed by atoms with Crippen molar-refractivity contribution in [3.8, 4) is 0 Å². The molecule has 1 heterocycles. The molecule has 1 saturated heterocycles. The van der Waals surface area contributed by atoms with Crippen LogP contribution in [0.1, 0.15) is 13.3 Å². The van der Waals surface area contributed by atoms with E-state index in [1.54, 1.807) is 23.5 Å². The highest BCUT2D eigenvalue weighted by Crippen LogP contribution is 2.16. The van der Waals surface area contributed by atoms with Crippen molar-refractivity contribution < 1.29 is 9.59 Å². The predicted octanol–water partition coefficient (Wildman–Crippen LogP) is -0.238. The van der Waals surface area contributed by atoms with E-state index < -0.39 is 0 Å². The molecule has 98 valence electrons. The van der Waals surface area contributed by atoms with Gasteiger partial charge in [0, 0.05) is 23.0 Å². The van der Waals surface area contributed by atoms with Gasteiger partial charge >= 0.3 is 0 Å². The lowest BCUT2D eigenvalue weighted by Gasteiger charge is -2.21. The van der Waals surface area contributed by atoms with Crippen molar-refractivity contribution in [3.63, 3.8) is 0 Å². The molecule has 0 bridgehead atoms. The highest BCUT2D eigenvalue weighted by atomic mass is 32.2. The van der Waals surface area contributed by atoms with Crippen molar-refractivity contribution in [2.45, 2.75) is 25.4 Å². The smallest absolute Gasteiger partial charge is 0.165 e. The second-order valence-electron chi connectivity index (χ2n) is 3.80. The molecule has 0 amide bonds. The van der Waals surface area contributed by atoms with Crippen LogP contribution in [0.25, 0.3) is 0 Å². The van der Waals surface area contributed by atoms with Crippen LogP contribution in [-0.2, 0) is 9.59 Å². The predicted molar refractivity (Wildman–Crippen MR) is 73.0 cm³/mol. The Balaban J connectivity index is 2.57. The molecule has 2 atom stereocenters. The number of rotatable bonds is 3. The van der Waals surface area contributed by atoms with Gasteiger partial charge in [-0.15, -0.1) is 23.5 Å². The molecule has 0 aromatic heterocycles. The Hall–Kier alpha value is -0.0800. The number of carbonyl (C=O) groups excluding carboxylic acids is 2. The quantitative estimate of drug-likeness (QED) is 0.485. The molecule has 1 aliphatic rings. The molecule has 1 aliphatic heterocycles. The van der Waals surface area contributed by atoms with Crippen LogP contribution >= 0.6 is 23.5 Å². The molecule has 0 spiro atoms. The number of ketones is 2. The zero-order valence-corrected chi connectivity index (χ0v) is 11.5. The van der Waals surface area contributed by atoms with Gasteiger partial charge in [-0.25, -0.2) is 5.43 Å². The Morgan fingerprint density at radius 2 is 2.24 bits per heavy atom. The zero-order valence-electron chi connectivity index (χ0n) is 9.90. The van der Waals surface area contributed by atoms with Crippen LogP contribution < -0.4 is 16.6 Å².